The van der Waals surface area contributed by atoms with Crippen molar-refractivity contribution >= 4 is 15.8 Å². The highest BCUT2D eigenvalue weighted by Crippen LogP contribution is 2.30. The summed E-state index contributed by atoms with van der Waals surface area (Å²) in [5, 5.41) is 8.75. The molecule has 0 aromatic carbocycles. The molecule has 15 heavy (non-hydrogen) atoms. The highest BCUT2D eigenvalue weighted by molar-refractivity contribution is 7.91. The number of sulfone groups is 1. The van der Waals surface area contributed by atoms with Gasteiger partial charge in [-0.1, -0.05) is 0 Å². The van der Waals surface area contributed by atoms with Gasteiger partial charge in [0.15, 0.2) is 9.84 Å². The van der Waals surface area contributed by atoms with Gasteiger partial charge >= 0.3 is 5.97 Å². The molecule has 2 atom stereocenters. The van der Waals surface area contributed by atoms with Crippen LogP contribution in [0.15, 0.2) is 0 Å². The highest BCUT2D eigenvalue weighted by atomic mass is 32.2. The summed E-state index contributed by atoms with van der Waals surface area (Å²) in [6.45, 7) is 0. The minimum absolute atomic E-state index is 0.0605. The second kappa shape index (κ2) is 4.42. The molecule has 1 aliphatic heterocycles. The van der Waals surface area contributed by atoms with Crippen LogP contribution < -0.4 is 0 Å². The molecule has 0 radical (unpaired) electrons. The van der Waals surface area contributed by atoms with Crippen molar-refractivity contribution in [1.82, 2.24) is 0 Å². The van der Waals surface area contributed by atoms with Gasteiger partial charge in [0, 0.05) is 6.42 Å². The lowest BCUT2D eigenvalue weighted by Crippen LogP contribution is -2.37. The van der Waals surface area contributed by atoms with Gasteiger partial charge in [-0.3, -0.25) is 4.79 Å². The van der Waals surface area contributed by atoms with Gasteiger partial charge in [0.1, 0.15) is 0 Å². The van der Waals surface area contributed by atoms with Crippen molar-refractivity contribution in [2.75, 3.05) is 11.5 Å². The zero-order chi connectivity index (χ0) is 11.6. The van der Waals surface area contributed by atoms with E-state index < -0.39 is 46.2 Å². The van der Waals surface area contributed by atoms with Gasteiger partial charge in [0.05, 0.1) is 17.4 Å². The third-order valence-electron chi connectivity index (χ3n) is 2.58. The molecule has 88 valence electrons. The zero-order valence-corrected chi connectivity index (χ0v) is 8.71. The van der Waals surface area contributed by atoms with Gasteiger partial charge in [-0.05, 0) is 12.3 Å². The summed E-state index contributed by atoms with van der Waals surface area (Å²) < 4.78 is 46.6. The first kappa shape index (κ1) is 12.4. The van der Waals surface area contributed by atoms with Gasteiger partial charge in [0.25, 0.3) is 0 Å². The summed E-state index contributed by atoms with van der Waals surface area (Å²) in [6.07, 6.45) is -3.38. The Morgan fingerprint density at radius 1 is 1.47 bits per heavy atom. The Labute approximate surface area is 86.2 Å². The summed E-state index contributed by atoms with van der Waals surface area (Å²) in [5.74, 6) is -3.75. The quantitative estimate of drug-likeness (QED) is 0.793. The Morgan fingerprint density at radius 3 is 2.53 bits per heavy atom. The van der Waals surface area contributed by atoms with Gasteiger partial charge < -0.3 is 5.11 Å². The van der Waals surface area contributed by atoms with E-state index in [1.54, 1.807) is 0 Å². The lowest BCUT2D eigenvalue weighted by molar-refractivity contribution is -0.144. The van der Waals surface area contributed by atoms with E-state index in [1.165, 1.54) is 0 Å². The molecule has 1 fully saturated rings. The van der Waals surface area contributed by atoms with Crippen LogP contribution in [0, 0.1) is 11.8 Å². The maximum Gasteiger partial charge on any atom is 0.306 e. The van der Waals surface area contributed by atoms with Crippen molar-refractivity contribution in [3.05, 3.63) is 0 Å². The average molecular weight is 242 g/mol. The molecule has 1 heterocycles. The van der Waals surface area contributed by atoms with E-state index in [-0.39, 0.29) is 12.2 Å². The van der Waals surface area contributed by atoms with Crippen molar-refractivity contribution in [2.45, 2.75) is 19.3 Å². The van der Waals surface area contributed by atoms with Crippen LogP contribution in [-0.2, 0) is 14.6 Å². The van der Waals surface area contributed by atoms with Crippen LogP contribution in [0.1, 0.15) is 12.8 Å². The number of rotatable bonds is 3. The molecule has 2 unspecified atom stereocenters. The van der Waals surface area contributed by atoms with E-state index in [1.807, 2.05) is 0 Å². The lowest BCUT2D eigenvalue weighted by atomic mass is 9.88. The van der Waals surface area contributed by atoms with Crippen LogP contribution >= 0.6 is 0 Å². The van der Waals surface area contributed by atoms with Crippen molar-refractivity contribution in [3.63, 3.8) is 0 Å². The predicted octanol–water partition coefficient (Wildman–Crippen LogP) is 0.777. The first-order valence-corrected chi connectivity index (χ1v) is 6.35. The van der Waals surface area contributed by atoms with Crippen molar-refractivity contribution in [1.29, 1.82) is 0 Å². The number of carbonyl (C=O) groups is 1. The Bertz CT molecular complexity index is 339. The maximum atomic E-state index is 12.1. The van der Waals surface area contributed by atoms with Gasteiger partial charge in [-0.2, -0.15) is 0 Å². The monoisotopic (exact) mass is 242 g/mol. The summed E-state index contributed by atoms with van der Waals surface area (Å²) >= 11 is 0. The molecule has 1 N–H and O–H groups in total. The topological polar surface area (TPSA) is 71.4 Å². The van der Waals surface area contributed by atoms with Crippen LogP contribution in [0.5, 0.6) is 0 Å². The minimum atomic E-state index is -3.34. The van der Waals surface area contributed by atoms with Crippen LogP contribution in [0.2, 0.25) is 0 Å². The van der Waals surface area contributed by atoms with E-state index in [4.69, 9.17) is 5.11 Å². The maximum absolute atomic E-state index is 12.1. The summed E-state index contributed by atoms with van der Waals surface area (Å²) in [5.41, 5.74) is 0. The fourth-order valence-corrected chi connectivity index (χ4v) is 3.65. The molecular formula is C8H12F2O4S. The van der Waals surface area contributed by atoms with E-state index >= 15 is 0 Å². The second-order valence-electron chi connectivity index (χ2n) is 3.73. The fourth-order valence-electron chi connectivity index (χ4n) is 1.85. The first-order valence-electron chi connectivity index (χ1n) is 4.53. The molecule has 0 aliphatic carbocycles. The number of hydrogen-bond donors (Lipinski definition) is 1. The van der Waals surface area contributed by atoms with Crippen LogP contribution in [-0.4, -0.2) is 37.4 Å². The molecule has 0 spiro atoms. The zero-order valence-electron chi connectivity index (χ0n) is 7.90. The van der Waals surface area contributed by atoms with E-state index in [2.05, 4.69) is 0 Å². The predicted molar refractivity (Wildman–Crippen MR) is 48.5 cm³/mol. The smallest absolute Gasteiger partial charge is 0.306 e. The van der Waals surface area contributed by atoms with Crippen LogP contribution in [0.3, 0.4) is 0 Å². The van der Waals surface area contributed by atoms with E-state index in [0.29, 0.717) is 0 Å². The summed E-state index contributed by atoms with van der Waals surface area (Å²) in [7, 11) is -3.34. The number of carboxylic acid groups (broad SMARTS) is 1. The molecule has 0 amide bonds. The Balaban J connectivity index is 2.78. The Hall–Kier alpha value is -0.720. The largest absolute Gasteiger partial charge is 0.481 e. The minimum Gasteiger partial charge on any atom is -0.481 e. The number of aliphatic carboxylic acids is 1. The number of hydrogen-bond acceptors (Lipinski definition) is 3. The van der Waals surface area contributed by atoms with Gasteiger partial charge in [-0.25, -0.2) is 17.2 Å². The summed E-state index contributed by atoms with van der Waals surface area (Å²) in [4.78, 5) is 10.7. The summed E-state index contributed by atoms with van der Waals surface area (Å²) in [6, 6.07) is 0. The molecule has 1 rings (SSSR count). The van der Waals surface area contributed by atoms with E-state index in [0.717, 1.165) is 0 Å². The molecule has 0 bridgehead atoms. The number of carboxylic acids is 1. The van der Waals surface area contributed by atoms with Crippen molar-refractivity contribution in [3.8, 4) is 0 Å². The van der Waals surface area contributed by atoms with Crippen LogP contribution in [0.4, 0.5) is 8.78 Å². The Morgan fingerprint density at radius 2 is 2.07 bits per heavy atom. The third-order valence-corrected chi connectivity index (χ3v) is 4.37. The molecule has 1 aliphatic rings. The fraction of sp³-hybridized carbons (Fsp3) is 0.875. The third kappa shape index (κ3) is 3.40. The number of halogens is 2. The SMILES string of the molecule is O=C(O)C1CCS(=O)(=O)CC1CC(F)F. The van der Waals surface area contributed by atoms with E-state index in [9.17, 15) is 22.0 Å². The van der Waals surface area contributed by atoms with Gasteiger partial charge in [0.2, 0.25) is 6.43 Å². The first-order chi connectivity index (χ1) is 6.82. The van der Waals surface area contributed by atoms with Gasteiger partial charge in [-0.15, -0.1) is 0 Å². The van der Waals surface area contributed by atoms with Crippen molar-refractivity contribution < 1.29 is 27.1 Å². The Kier molecular flexibility index (Phi) is 3.64. The molecule has 1 saturated heterocycles. The molecule has 0 aromatic heterocycles. The lowest BCUT2D eigenvalue weighted by Gasteiger charge is -2.27. The number of alkyl halides is 2. The average Bonchev–Trinajstić information content (AvgIpc) is 1.99. The molecule has 4 nitrogen and oxygen atoms in total. The molecule has 0 aromatic rings. The standard InChI is InChI=1S/C8H12F2O4S/c9-7(10)3-5-4-15(13,14)2-1-6(5)8(11)12/h5-7H,1-4H2,(H,11,12). The second-order valence-corrected chi connectivity index (χ2v) is 5.96. The molecular weight excluding hydrogens is 230 g/mol. The molecule has 0 saturated carbocycles. The van der Waals surface area contributed by atoms with Crippen molar-refractivity contribution in [2.24, 2.45) is 11.8 Å². The molecule has 7 heteroatoms. The highest BCUT2D eigenvalue weighted by Gasteiger charge is 2.38. The normalized spacial score (nSPS) is 30.3. The van der Waals surface area contributed by atoms with Crippen LogP contribution in [0.25, 0.3) is 0 Å².